The highest BCUT2D eigenvalue weighted by Crippen LogP contribution is 2.38. The molecule has 240 valence electrons. The van der Waals surface area contributed by atoms with Crippen LogP contribution >= 0.6 is 0 Å². The van der Waals surface area contributed by atoms with E-state index in [9.17, 15) is 4.79 Å². The summed E-state index contributed by atoms with van der Waals surface area (Å²) in [5.41, 5.74) is 18.3. The topological polar surface area (TPSA) is 147 Å². The lowest BCUT2D eigenvalue weighted by molar-refractivity contribution is 0.0339. The van der Waals surface area contributed by atoms with Gasteiger partial charge in [0, 0.05) is 75.4 Å². The van der Waals surface area contributed by atoms with Gasteiger partial charge in [0.25, 0.3) is 0 Å². The molecule has 2 aromatic heterocycles. The van der Waals surface area contributed by atoms with Crippen LogP contribution in [0.3, 0.4) is 0 Å². The van der Waals surface area contributed by atoms with Crippen LogP contribution in [0.15, 0.2) is 61.1 Å². The predicted octanol–water partition coefficient (Wildman–Crippen LogP) is 3.16. The molecule has 2 aromatic carbocycles. The summed E-state index contributed by atoms with van der Waals surface area (Å²) in [5, 5.41) is 4.98. The monoisotopic (exact) mass is 624 g/mol. The van der Waals surface area contributed by atoms with Gasteiger partial charge in [-0.05, 0) is 35.2 Å². The number of aryl methyl sites for hydroxylation is 1. The molecule has 0 amide bonds. The van der Waals surface area contributed by atoms with Gasteiger partial charge in [0.15, 0.2) is 17.3 Å². The van der Waals surface area contributed by atoms with Gasteiger partial charge >= 0.3 is 0 Å². The van der Waals surface area contributed by atoms with Gasteiger partial charge in [-0.3, -0.25) is 14.4 Å². The SMILES string of the molecule is COc1cc(Cc2cnc(N)nc2N)cc(C(=O)/C=C/N2CCc3ccccc3C2c2nn(C)cc2CN2CCOCC2)c1OC. The number of methoxy groups -OCH3 is 2. The number of fused-ring (bicyclic) bond motifs is 1. The van der Waals surface area contributed by atoms with Crippen LogP contribution in [0.2, 0.25) is 0 Å². The lowest BCUT2D eigenvalue weighted by Gasteiger charge is -2.36. The van der Waals surface area contributed by atoms with Crippen LogP contribution in [0, 0.1) is 0 Å². The minimum absolute atomic E-state index is 0.104. The summed E-state index contributed by atoms with van der Waals surface area (Å²) < 4.78 is 18.8. The Morgan fingerprint density at radius 2 is 1.89 bits per heavy atom. The van der Waals surface area contributed by atoms with Crippen LogP contribution < -0.4 is 20.9 Å². The Hall–Kier alpha value is -4.94. The number of ketones is 1. The third-order valence-corrected chi connectivity index (χ3v) is 8.55. The van der Waals surface area contributed by atoms with Crippen molar-refractivity contribution in [3.63, 3.8) is 0 Å². The number of anilines is 2. The van der Waals surface area contributed by atoms with Crippen molar-refractivity contribution in [3.8, 4) is 11.5 Å². The molecule has 0 spiro atoms. The van der Waals surface area contributed by atoms with Gasteiger partial charge < -0.3 is 30.6 Å². The van der Waals surface area contributed by atoms with E-state index in [1.54, 1.807) is 25.4 Å². The average molecular weight is 625 g/mol. The second-order valence-electron chi connectivity index (χ2n) is 11.6. The van der Waals surface area contributed by atoms with Crippen LogP contribution in [0.25, 0.3) is 0 Å². The number of ether oxygens (including phenoxy) is 3. The number of morpholine rings is 1. The fraction of sp³-hybridized carbons (Fsp3) is 0.353. The first kappa shape index (κ1) is 31.1. The highest BCUT2D eigenvalue weighted by atomic mass is 16.5. The number of carbonyl (C=O) groups is 1. The molecule has 1 fully saturated rings. The van der Waals surface area contributed by atoms with E-state index in [1.165, 1.54) is 23.8 Å². The van der Waals surface area contributed by atoms with E-state index in [4.69, 9.17) is 30.8 Å². The van der Waals surface area contributed by atoms with Crippen LogP contribution in [0.1, 0.15) is 49.9 Å². The molecule has 1 unspecified atom stereocenters. The first-order valence-electron chi connectivity index (χ1n) is 15.3. The van der Waals surface area contributed by atoms with Crippen molar-refractivity contribution in [2.45, 2.75) is 25.4 Å². The highest BCUT2D eigenvalue weighted by Gasteiger charge is 2.31. The molecule has 12 nitrogen and oxygen atoms in total. The van der Waals surface area contributed by atoms with E-state index in [1.807, 2.05) is 24.0 Å². The normalized spacial score (nSPS) is 16.8. The molecule has 1 saturated heterocycles. The van der Waals surface area contributed by atoms with Crippen LogP contribution in [0.4, 0.5) is 11.8 Å². The van der Waals surface area contributed by atoms with Crippen molar-refractivity contribution in [2.24, 2.45) is 7.05 Å². The maximum atomic E-state index is 13.9. The molecule has 46 heavy (non-hydrogen) atoms. The highest BCUT2D eigenvalue weighted by molar-refractivity contribution is 6.07. The van der Waals surface area contributed by atoms with Crippen molar-refractivity contribution >= 4 is 17.5 Å². The molecule has 1 atom stereocenters. The molecule has 0 bridgehead atoms. The molecule has 4 aromatic rings. The zero-order valence-electron chi connectivity index (χ0n) is 26.5. The summed E-state index contributed by atoms with van der Waals surface area (Å²) in [6, 6.07) is 12.0. The van der Waals surface area contributed by atoms with E-state index in [2.05, 4.69) is 50.2 Å². The summed E-state index contributed by atoms with van der Waals surface area (Å²) in [7, 11) is 5.03. The van der Waals surface area contributed by atoms with E-state index in [0.29, 0.717) is 29.0 Å². The number of hydrogen-bond donors (Lipinski definition) is 2. The molecule has 0 aliphatic carbocycles. The molecule has 4 N–H and O–H groups in total. The smallest absolute Gasteiger partial charge is 0.221 e. The number of nitrogens with zero attached hydrogens (tertiary/aromatic N) is 6. The van der Waals surface area contributed by atoms with Crippen molar-refractivity contribution in [1.82, 2.24) is 29.5 Å². The first-order chi connectivity index (χ1) is 22.3. The summed E-state index contributed by atoms with van der Waals surface area (Å²) in [4.78, 5) is 26.7. The quantitative estimate of drug-likeness (QED) is 0.198. The lowest BCUT2D eigenvalue weighted by atomic mass is 9.89. The van der Waals surface area contributed by atoms with Crippen molar-refractivity contribution in [3.05, 3.63) is 100 Å². The second-order valence-corrected chi connectivity index (χ2v) is 11.6. The number of rotatable bonds is 10. The average Bonchev–Trinajstić information content (AvgIpc) is 3.43. The van der Waals surface area contributed by atoms with E-state index < -0.39 is 0 Å². The van der Waals surface area contributed by atoms with Crippen LogP contribution in [-0.4, -0.2) is 82.4 Å². The Morgan fingerprint density at radius 1 is 1.09 bits per heavy atom. The lowest BCUT2D eigenvalue weighted by Crippen LogP contribution is -2.37. The Bertz CT molecular complexity index is 1750. The van der Waals surface area contributed by atoms with Gasteiger partial charge in [-0.15, -0.1) is 0 Å². The van der Waals surface area contributed by atoms with Gasteiger partial charge in [0.05, 0.1) is 44.7 Å². The van der Waals surface area contributed by atoms with Gasteiger partial charge in [-0.2, -0.15) is 10.1 Å². The second kappa shape index (κ2) is 13.6. The third kappa shape index (κ3) is 6.53. The molecule has 0 radical (unpaired) electrons. The van der Waals surface area contributed by atoms with Gasteiger partial charge in [0.2, 0.25) is 5.95 Å². The molecule has 4 heterocycles. The fourth-order valence-corrected chi connectivity index (χ4v) is 6.31. The van der Waals surface area contributed by atoms with Crippen molar-refractivity contribution < 1.29 is 19.0 Å². The largest absolute Gasteiger partial charge is 0.493 e. The van der Waals surface area contributed by atoms with E-state index >= 15 is 0 Å². The molecule has 2 aliphatic heterocycles. The Balaban J connectivity index is 1.33. The third-order valence-electron chi connectivity index (χ3n) is 8.55. The summed E-state index contributed by atoms with van der Waals surface area (Å²) in [6.45, 7) is 4.75. The maximum absolute atomic E-state index is 13.9. The number of benzene rings is 2. The first-order valence-corrected chi connectivity index (χ1v) is 15.3. The molecule has 12 heteroatoms. The van der Waals surface area contributed by atoms with Crippen LogP contribution in [0.5, 0.6) is 11.5 Å². The summed E-state index contributed by atoms with van der Waals surface area (Å²) >= 11 is 0. The standard InChI is InChI=1S/C34H40N8O4/c1-40-20-25(21-41-12-14-46-15-13-41)30(39-40)31-26-7-5-4-6-23(26)8-10-42(31)11-9-28(43)27-17-22(18-29(44-2)32(27)45-3)16-24-19-37-34(36)38-33(24)35/h4-7,9,11,17-20,31H,8,10,12-16,21H2,1-3H3,(H4,35,36,37,38)/b11-9+. The number of nitrogen functional groups attached to an aromatic ring is 2. The maximum Gasteiger partial charge on any atom is 0.221 e. The van der Waals surface area contributed by atoms with Gasteiger partial charge in [-0.1, -0.05) is 24.3 Å². The minimum Gasteiger partial charge on any atom is -0.493 e. The number of hydrogen-bond acceptors (Lipinski definition) is 11. The van der Waals surface area contributed by atoms with Gasteiger partial charge in [-0.25, -0.2) is 4.98 Å². The molecular formula is C34H40N8O4. The zero-order valence-corrected chi connectivity index (χ0v) is 26.5. The number of nitrogens with two attached hydrogens (primary N) is 2. The number of carbonyl (C=O) groups excluding carboxylic acids is 1. The summed E-state index contributed by atoms with van der Waals surface area (Å²) in [5.74, 6) is 0.977. The number of allylic oxidation sites excluding steroid dienone is 1. The van der Waals surface area contributed by atoms with Gasteiger partial charge in [0.1, 0.15) is 5.82 Å². The molecule has 2 aliphatic rings. The molecular weight excluding hydrogens is 584 g/mol. The van der Waals surface area contributed by atoms with Crippen molar-refractivity contribution in [2.75, 3.05) is 58.5 Å². The minimum atomic E-state index is -0.217. The zero-order chi connectivity index (χ0) is 32.2. The van der Waals surface area contributed by atoms with E-state index in [0.717, 1.165) is 57.1 Å². The van der Waals surface area contributed by atoms with E-state index in [-0.39, 0.29) is 23.6 Å². The van der Waals surface area contributed by atoms with Crippen LogP contribution in [-0.2, 0) is 31.2 Å². The Labute approximate surface area is 268 Å². The Morgan fingerprint density at radius 3 is 2.65 bits per heavy atom. The molecule has 6 rings (SSSR count). The molecule has 0 saturated carbocycles. The van der Waals surface area contributed by atoms with Crippen molar-refractivity contribution in [1.29, 1.82) is 0 Å². The fourth-order valence-electron chi connectivity index (χ4n) is 6.31. The number of aromatic nitrogens is 4. The summed E-state index contributed by atoms with van der Waals surface area (Å²) in [6.07, 6.45) is 8.43. The predicted molar refractivity (Wildman–Crippen MR) is 175 cm³/mol. The Kier molecular flexibility index (Phi) is 9.18.